The van der Waals surface area contributed by atoms with Crippen LogP contribution < -0.4 is 0 Å². The van der Waals surface area contributed by atoms with Crippen LogP contribution in [0.3, 0.4) is 0 Å². The van der Waals surface area contributed by atoms with Gasteiger partial charge in [-0.25, -0.2) is 9.13 Å². The van der Waals surface area contributed by atoms with E-state index in [9.17, 15) is 43.2 Å². The molecule has 0 amide bonds. The van der Waals surface area contributed by atoms with E-state index in [4.69, 9.17) is 37.0 Å². The maximum atomic E-state index is 13.1. The number of esters is 4. The summed E-state index contributed by atoms with van der Waals surface area (Å²) in [6.45, 7) is 12.0. The van der Waals surface area contributed by atoms with E-state index in [1.165, 1.54) is 238 Å². The molecule has 0 aliphatic carbocycles. The highest BCUT2D eigenvalue weighted by molar-refractivity contribution is 7.47. The van der Waals surface area contributed by atoms with Crippen LogP contribution in [0.1, 0.15) is 427 Å². The van der Waals surface area contributed by atoms with Gasteiger partial charge in [0.15, 0.2) is 12.2 Å². The molecular weight excluding hydrogens is 1320 g/mol. The molecule has 0 radical (unpaired) electrons. The standard InChI is InChI=1S/C82H160O17P2/c1-8-11-12-13-14-15-16-17-18-19-20-21-22-23-24-25-28-35-44-51-58-65-81(86)98-77(69-92-79(84)63-56-49-42-34-29-26-27-32-39-46-53-60-73(4)5)71-96-100(88,89)94-67-76(83)68-95-101(90,91)97-72-78(70-93-80(85)64-57-50-43-38-37-41-48-55-62-75(7)10-3)99-82(87)66-59-52-45-36-31-30-33-40-47-54-61-74(6)9-2/h73-78,83H,8-72H2,1-7H3,(H,88,89)(H,90,91)/t74?,75?,76-,77-,78-/m1/s1. The van der Waals surface area contributed by atoms with Crippen molar-refractivity contribution in [2.75, 3.05) is 39.6 Å². The van der Waals surface area contributed by atoms with Crippen LogP contribution in [0.2, 0.25) is 0 Å². The summed E-state index contributed by atoms with van der Waals surface area (Å²) in [4.78, 5) is 73.1. The molecule has 3 N–H and O–H groups in total. The largest absolute Gasteiger partial charge is 0.472 e. The Morgan fingerprint density at radius 3 is 0.752 bits per heavy atom. The lowest BCUT2D eigenvalue weighted by atomic mass is 9.99. The predicted octanol–water partition coefficient (Wildman–Crippen LogP) is 24.5. The molecule has 101 heavy (non-hydrogen) atoms. The van der Waals surface area contributed by atoms with Crippen LogP contribution in [0.5, 0.6) is 0 Å². The number of unbranched alkanes of at least 4 members (excludes halogenated alkanes) is 46. The van der Waals surface area contributed by atoms with Crippen LogP contribution in [-0.4, -0.2) is 96.7 Å². The van der Waals surface area contributed by atoms with Gasteiger partial charge >= 0.3 is 39.5 Å². The Labute approximate surface area is 619 Å². The highest BCUT2D eigenvalue weighted by Gasteiger charge is 2.30. The van der Waals surface area contributed by atoms with Gasteiger partial charge in [-0.05, 0) is 43.4 Å². The zero-order chi connectivity index (χ0) is 74.4. The van der Waals surface area contributed by atoms with Gasteiger partial charge in [0.1, 0.15) is 19.3 Å². The third-order valence-electron chi connectivity index (χ3n) is 19.9. The van der Waals surface area contributed by atoms with E-state index in [1.54, 1.807) is 0 Å². The summed E-state index contributed by atoms with van der Waals surface area (Å²) in [5.41, 5.74) is 0. The average molecular weight is 1480 g/mol. The SMILES string of the molecule is CCCCCCCCCCCCCCCCCCCCCCCC(=O)O[C@H](COC(=O)CCCCCCCCCCCCCC(C)C)COP(=O)(O)OC[C@@H](O)COP(=O)(O)OC[C@@H](COC(=O)CCCCCCCCCCC(C)CC)OC(=O)CCCCCCCCCCCCC(C)CC. The molecule has 19 heteroatoms. The molecule has 0 rings (SSSR count). The Bertz CT molecular complexity index is 1960. The van der Waals surface area contributed by atoms with Crippen molar-refractivity contribution in [1.82, 2.24) is 0 Å². The Balaban J connectivity index is 5.25. The Hall–Kier alpha value is -1.94. The molecule has 0 aromatic carbocycles. The number of carbonyl (C=O) groups excluding carboxylic acids is 4. The molecule has 17 nitrogen and oxygen atoms in total. The molecular formula is C82H160O17P2. The van der Waals surface area contributed by atoms with E-state index in [-0.39, 0.29) is 25.7 Å². The second kappa shape index (κ2) is 72.3. The van der Waals surface area contributed by atoms with Gasteiger partial charge in [-0.2, -0.15) is 0 Å². The first-order valence-corrected chi connectivity index (χ1v) is 45.4. The number of phosphoric ester groups is 2. The Kier molecular flexibility index (Phi) is 70.9. The molecule has 0 aliphatic rings. The van der Waals surface area contributed by atoms with Crippen LogP contribution in [0.4, 0.5) is 0 Å². The number of aliphatic hydroxyl groups excluding tert-OH is 1. The van der Waals surface area contributed by atoms with E-state index in [0.29, 0.717) is 25.7 Å². The van der Waals surface area contributed by atoms with Gasteiger partial charge in [0, 0.05) is 25.7 Å². The molecule has 4 unspecified atom stereocenters. The van der Waals surface area contributed by atoms with Crippen LogP contribution >= 0.6 is 15.6 Å². The molecule has 0 saturated heterocycles. The van der Waals surface area contributed by atoms with Gasteiger partial charge in [-0.15, -0.1) is 0 Å². The van der Waals surface area contributed by atoms with Gasteiger partial charge in [0.2, 0.25) is 0 Å². The number of rotatable bonds is 80. The average Bonchev–Trinajstić information content (AvgIpc) is 1.07. The lowest BCUT2D eigenvalue weighted by Gasteiger charge is -2.21. The maximum absolute atomic E-state index is 13.1. The summed E-state index contributed by atoms with van der Waals surface area (Å²) in [5, 5.41) is 10.7. The quantitative estimate of drug-likeness (QED) is 0.0222. The zero-order valence-corrected chi connectivity index (χ0v) is 68.2. The van der Waals surface area contributed by atoms with Crippen LogP contribution in [-0.2, 0) is 65.4 Å². The Morgan fingerprint density at radius 2 is 0.505 bits per heavy atom. The first-order valence-electron chi connectivity index (χ1n) is 42.4. The third kappa shape index (κ3) is 73.4. The lowest BCUT2D eigenvalue weighted by molar-refractivity contribution is -0.161. The van der Waals surface area contributed by atoms with Crippen molar-refractivity contribution in [3.05, 3.63) is 0 Å². The highest BCUT2D eigenvalue weighted by Crippen LogP contribution is 2.45. The molecule has 0 saturated carbocycles. The second-order valence-corrected chi connectivity index (χ2v) is 33.4. The fourth-order valence-corrected chi connectivity index (χ4v) is 14.2. The molecule has 7 atom stereocenters. The monoisotopic (exact) mass is 1480 g/mol. The Morgan fingerprint density at radius 1 is 0.287 bits per heavy atom. The molecule has 0 bridgehead atoms. The van der Waals surface area contributed by atoms with Crippen LogP contribution in [0.15, 0.2) is 0 Å². The van der Waals surface area contributed by atoms with E-state index >= 15 is 0 Å². The van der Waals surface area contributed by atoms with Gasteiger partial charge in [-0.1, -0.05) is 376 Å². The van der Waals surface area contributed by atoms with Crippen molar-refractivity contribution in [3.8, 4) is 0 Å². The minimum absolute atomic E-state index is 0.106. The summed E-state index contributed by atoms with van der Waals surface area (Å²) >= 11 is 0. The fourth-order valence-electron chi connectivity index (χ4n) is 12.6. The van der Waals surface area contributed by atoms with E-state index in [2.05, 4.69) is 48.5 Å². The van der Waals surface area contributed by atoms with Gasteiger partial charge in [-0.3, -0.25) is 37.3 Å². The number of hydrogen-bond donors (Lipinski definition) is 3. The summed E-state index contributed by atoms with van der Waals surface area (Å²) in [5.74, 6) is 0.240. The second-order valence-electron chi connectivity index (χ2n) is 30.5. The molecule has 600 valence electrons. The first kappa shape index (κ1) is 99.1. The minimum atomic E-state index is -4.96. The van der Waals surface area contributed by atoms with Crippen molar-refractivity contribution in [1.29, 1.82) is 0 Å². The number of aliphatic hydroxyl groups is 1. The van der Waals surface area contributed by atoms with E-state index < -0.39 is 97.5 Å². The van der Waals surface area contributed by atoms with Crippen LogP contribution in [0.25, 0.3) is 0 Å². The molecule has 0 fully saturated rings. The highest BCUT2D eigenvalue weighted by atomic mass is 31.2. The topological polar surface area (TPSA) is 237 Å². The fraction of sp³-hybridized carbons (Fsp3) is 0.951. The maximum Gasteiger partial charge on any atom is 0.472 e. The molecule has 0 aliphatic heterocycles. The van der Waals surface area contributed by atoms with Gasteiger partial charge < -0.3 is 33.8 Å². The van der Waals surface area contributed by atoms with Crippen molar-refractivity contribution >= 4 is 39.5 Å². The molecule has 0 heterocycles. The lowest BCUT2D eigenvalue weighted by Crippen LogP contribution is -2.30. The third-order valence-corrected chi connectivity index (χ3v) is 21.8. The smallest absolute Gasteiger partial charge is 0.462 e. The first-order chi connectivity index (χ1) is 48.8. The van der Waals surface area contributed by atoms with Crippen molar-refractivity contribution in [2.45, 2.75) is 446 Å². The summed E-state index contributed by atoms with van der Waals surface area (Å²) in [6.07, 6.45) is 61.0. The zero-order valence-electron chi connectivity index (χ0n) is 66.4. The van der Waals surface area contributed by atoms with Crippen molar-refractivity contribution in [3.63, 3.8) is 0 Å². The number of hydrogen-bond acceptors (Lipinski definition) is 15. The number of carbonyl (C=O) groups is 4. The van der Waals surface area contributed by atoms with Crippen LogP contribution in [0, 0.1) is 17.8 Å². The van der Waals surface area contributed by atoms with E-state index in [0.717, 1.165) is 108 Å². The van der Waals surface area contributed by atoms with Crippen molar-refractivity contribution < 1.29 is 80.2 Å². The minimum Gasteiger partial charge on any atom is -0.462 e. The summed E-state index contributed by atoms with van der Waals surface area (Å²) in [6, 6.07) is 0. The van der Waals surface area contributed by atoms with Gasteiger partial charge in [0.05, 0.1) is 26.4 Å². The number of ether oxygens (including phenoxy) is 4. The molecule has 0 spiro atoms. The number of phosphoric acid groups is 2. The normalized spacial score (nSPS) is 14.5. The molecule has 0 aromatic heterocycles. The predicted molar refractivity (Wildman–Crippen MR) is 414 cm³/mol. The summed E-state index contributed by atoms with van der Waals surface area (Å²) < 4.78 is 68.8. The molecule has 0 aromatic rings. The van der Waals surface area contributed by atoms with Crippen molar-refractivity contribution in [2.24, 2.45) is 17.8 Å². The summed E-state index contributed by atoms with van der Waals surface area (Å²) in [7, 11) is -9.92. The van der Waals surface area contributed by atoms with E-state index in [1.807, 2.05) is 0 Å². The van der Waals surface area contributed by atoms with Gasteiger partial charge in [0.25, 0.3) is 0 Å².